The smallest absolute Gasteiger partial charge is 0.407 e. The molecule has 2 amide bonds. The molecule has 6 rings (SSSR count). The van der Waals surface area contributed by atoms with Crippen molar-refractivity contribution in [3.8, 4) is 0 Å². The maximum Gasteiger partial charge on any atom is 0.407 e. The number of aliphatic hydroxyl groups excluding tert-OH is 1. The number of amides is 2. The molecule has 5 aliphatic heterocycles. The van der Waals surface area contributed by atoms with Crippen LogP contribution in [0.4, 0.5) is 4.79 Å². The molecule has 6 bridgehead atoms. The Morgan fingerprint density at radius 2 is 1.60 bits per heavy atom. The fourth-order valence-electron chi connectivity index (χ4n) is 12.4. The molecule has 0 aromatic carbocycles. The van der Waals surface area contributed by atoms with Gasteiger partial charge in [-0.3, -0.25) is 24.1 Å². The monoisotopic (exact) mass is 1050 g/mol. The van der Waals surface area contributed by atoms with Crippen LogP contribution in [0.1, 0.15) is 112 Å². The normalized spacial score (nSPS) is 39.2. The number of Topliss-reactive ketones (excluding diaryl/α,β-unsaturated/α-hetero) is 3. The molecule has 1 saturated carbocycles. The van der Waals surface area contributed by atoms with Crippen molar-refractivity contribution in [2.24, 2.45) is 41.4 Å². The maximum absolute atomic E-state index is 14.6. The number of nitrogens with one attached hydrogen (secondary N) is 1. The number of carbonyl (C=O) groups is 6. The predicted molar refractivity (Wildman–Crippen MR) is 278 cm³/mol. The van der Waals surface area contributed by atoms with Gasteiger partial charge in [-0.1, -0.05) is 64.2 Å². The fraction of sp³-hybridized carbons (Fsp3) is 0.754. The standard InChI is InChI=1S/C57H87N3O15/c1-34-14-11-10-12-15-35(2)46(69-7)32-41-19-17-39(6)57(68,75-41)53(64)54(65)60-22-13-16-42-43(30-40-18-20-45(48(31-40)70-8)74-56(67)58-21-23-59-24-26-72-27-25-59)47(73-55(66)49(42)60)33-44(61)36(3)29-38(5)51(63)52(71-9)50(62)37(4)28-34/h10-12,14-15,29,34,36-37,39-43,45-49,51-52,63,68H,13,16-28,30-33H2,1-9H3,(H,58,67)/b12-10+,14-11+,35-15?,38-29+/t34-,36-,37-,39-,40+,41+,42?,43+,45-,46+,47+,48-,49+,51-,52+,57-/m1/s1. The number of aliphatic hydroxyl groups is 2. The number of hydrogen-bond acceptors (Lipinski definition) is 16. The maximum atomic E-state index is 14.6. The molecule has 18 heteroatoms. The minimum Gasteiger partial charge on any atom is -0.460 e. The van der Waals surface area contributed by atoms with E-state index in [1.54, 1.807) is 41.1 Å². The van der Waals surface area contributed by atoms with Crippen molar-refractivity contribution in [3.63, 3.8) is 0 Å². The Morgan fingerprint density at radius 1 is 0.853 bits per heavy atom. The molecule has 0 aromatic rings. The summed E-state index contributed by atoms with van der Waals surface area (Å²) in [5.41, 5.74) is 1.25. The van der Waals surface area contributed by atoms with E-state index in [2.05, 4.69) is 10.2 Å². The average Bonchev–Trinajstić information content (AvgIpc) is 3.39. The fourth-order valence-corrected chi connectivity index (χ4v) is 12.4. The van der Waals surface area contributed by atoms with Crippen LogP contribution in [0.5, 0.6) is 0 Å². The van der Waals surface area contributed by atoms with Gasteiger partial charge in [0.2, 0.25) is 5.79 Å². The number of carbonyl (C=O) groups excluding carboxylic acids is 6. The number of hydrogen-bond donors (Lipinski definition) is 3. The first kappa shape index (κ1) is 60.1. The van der Waals surface area contributed by atoms with Crippen molar-refractivity contribution < 1.29 is 72.1 Å². The lowest BCUT2D eigenvalue weighted by Crippen LogP contribution is -2.65. The van der Waals surface area contributed by atoms with Gasteiger partial charge in [0, 0.05) is 90.6 Å². The molecule has 1 unspecified atom stereocenters. The summed E-state index contributed by atoms with van der Waals surface area (Å²) in [4.78, 5) is 88.3. The van der Waals surface area contributed by atoms with E-state index in [-0.39, 0.29) is 36.4 Å². The third-order valence-corrected chi connectivity index (χ3v) is 17.0. The van der Waals surface area contributed by atoms with Gasteiger partial charge in [-0.05, 0) is 101 Å². The molecule has 420 valence electrons. The van der Waals surface area contributed by atoms with Gasteiger partial charge < -0.3 is 53.6 Å². The summed E-state index contributed by atoms with van der Waals surface area (Å²) in [5, 5.41) is 26.6. The largest absolute Gasteiger partial charge is 0.460 e. The number of rotatable bonds is 9. The van der Waals surface area contributed by atoms with Crippen LogP contribution in [0, 0.1) is 41.4 Å². The highest BCUT2D eigenvalue weighted by Gasteiger charge is 2.57. The van der Waals surface area contributed by atoms with E-state index < -0.39 is 108 Å². The number of nitrogens with zero attached hydrogens (tertiary/aromatic N) is 2. The van der Waals surface area contributed by atoms with Crippen LogP contribution in [0.2, 0.25) is 0 Å². The van der Waals surface area contributed by atoms with Gasteiger partial charge in [-0.15, -0.1) is 0 Å². The van der Waals surface area contributed by atoms with E-state index >= 15 is 0 Å². The Hall–Kier alpha value is -4.14. The van der Waals surface area contributed by atoms with E-state index in [0.717, 1.165) is 18.7 Å². The second-order valence-corrected chi connectivity index (χ2v) is 22.3. The van der Waals surface area contributed by atoms with E-state index in [4.69, 9.17) is 33.2 Å². The Labute approximate surface area is 444 Å². The van der Waals surface area contributed by atoms with Crippen molar-refractivity contribution in [2.45, 2.75) is 167 Å². The lowest BCUT2D eigenvalue weighted by Gasteiger charge is -2.50. The van der Waals surface area contributed by atoms with Gasteiger partial charge in [-0.2, -0.15) is 0 Å². The number of alkyl carbamates (subject to hydrolysis) is 1. The molecule has 0 radical (unpaired) electrons. The van der Waals surface area contributed by atoms with Crippen molar-refractivity contribution in [2.75, 3.05) is 67.3 Å². The minimum atomic E-state index is -2.46. The highest BCUT2D eigenvalue weighted by Crippen LogP contribution is 2.45. The molecular formula is C57H87N3O15. The zero-order valence-corrected chi connectivity index (χ0v) is 45.9. The Bertz CT molecular complexity index is 2100. The summed E-state index contributed by atoms with van der Waals surface area (Å²) in [6.45, 7) is 14.9. The lowest BCUT2D eigenvalue weighted by molar-refractivity contribution is -0.266. The predicted octanol–water partition coefficient (Wildman–Crippen LogP) is 5.47. The molecule has 16 atom stereocenters. The lowest BCUT2D eigenvalue weighted by atomic mass is 9.68. The summed E-state index contributed by atoms with van der Waals surface area (Å²) >= 11 is 0. The first-order valence-electron chi connectivity index (χ1n) is 27.5. The van der Waals surface area contributed by atoms with Gasteiger partial charge in [0.25, 0.3) is 11.7 Å². The Balaban J connectivity index is 1.28. The molecule has 75 heavy (non-hydrogen) atoms. The van der Waals surface area contributed by atoms with Gasteiger partial charge in [0.1, 0.15) is 36.2 Å². The number of piperidine rings is 1. The molecule has 18 nitrogen and oxygen atoms in total. The quantitative estimate of drug-likeness (QED) is 0.148. The van der Waals surface area contributed by atoms with Crippen molar-refractivity contribution in [1.29, 1.82) is 0 Å². The van der Waals surface area contributed by atoms with Gasteiger partial charge in [0.05, 0.1) is 31.5 Å². The Morgan fingerprint density at radius 3 is 2.31 bits per heavy atom. The number of ether oxygens (including phenoxy) is 7. The van der Waals surface area contributed by atoms with E-state index in [0.29, 0.717) is 96.1 Å². The molecule has 0 spiro atoms. The molecule has 6 aliphatic rings. The SMILES string of the molecule is CO[C@H]1C[C@@H]2CC[C@@H](C)[C@@](O)(O2)C(=O)C(=O)N2CCCC3[C@H]2C(=O)O[C@@H](CC(=O)[C@H](C)/C=C(\C)[C@@H](O)[C@@H](OC)C(=O)[C@H](C)C[C@H](C)/C=C/C=C/C=C1C)[C@H]3C[C@@H]1CC[C@@H](OC(=O)NCCN2CCOCC2)[C@H](OC)C1. The van der Waals surface area contributed by atoms with Gasteiger partial charge >= 0.3 is 12.1 Å². The number of ketones is 3. The van der Waals surface area contributed by atoms with E-state index in [9.17, 15) is 39.0 Å². The zero-order valence-electron chi connectivity index (χ0n) is 45.9. The highest BCUT2D eigenvalue weighted by molar-refractivity contribution is 6.39. The van der Waals surface area contributed by atoms with Crippen molar-refractivity contribution in [3.05, 3.63) is 47.6 Å². The summed E-state index contributed by atoms with van der Waals surface area (Å²) in [6, 6.07) is -1.17. The topological polar surface area (TPSA) is 226 Å². The van der Waals surface area contributed by atoms with E-state index in [1.165, 1.54) is 12.0 Å². The van der Waals surface area contributed by atoms with Gasteiger partial charge in [0.15, 0.2) is 5.78 Å². The summed E-state index contributed by atoms with van der Waals surface area (Å²) in [7, 11) is 4.54. The van der Waals surface area contributed by atoms with Gasteiger partial charge in [-0.25, -0.2) is 9.59 Å². The third-order valence-electron chi connectivity index (χ3n) is 17.0. The van der Waals surface area contributed by atoms with Crippen LogP contribution in [0.25, 0.3) is 0 Å². The molecule has 0 aromatic heterocycles. The Kier molecular flexibility index (Phi) is 22.4. The summed E-state index contributed by atoms with van der Waals surface area (Å²) in [5.74, 6) is -8.83. The second kappa shape index (κ2) is 28.0. The van der Waals surface area contributed by atoms with Crippen LogP contribution >= 0.6 is 0 Å². The molecular weight excluding hydrogens is 967 g/mol. The molecule has 3 N–H and O–H groups in total. The van der Waals surface area contributed by atoms with Crippen molar-refractivity contribution in [1.82, 2.24) is 15.1 Å². The first-order chi connectivity index (χ1) is 35.8. The number of esters is 1. The van der Waals surface area contributed by atoms with Crippen LogP contribution in [0.3, 0.4) is 0 Å². The summed E-state index contributed by atoms with van der Waals surface area (Å²) < 4.78 is 41.3. The number of fused-ring (bicyclic) bond motifs is 3. The molecule has 5 heterocycles. The van der Waals surface area contributed by atoms with Crippen molar-refractivity contribution >= 4 is 35.3 Å². The number of methoxy groups -OCH3 is 3. The van der Waals surface area contributed by atoms with Crippen LogP contribution < -0.4 is 5.32 Å². The van der Waals surface area contributed by atoms with E-state index in [1.807, 2.05) is 51.2 Å². The first-order valence-corrected chi connectivity index (χ1v) is 27.5. The molecule has 5 fully saturated rings. The third kappa shape index (κ3) is 15.3. The van der Waals surface area contributed by atoms with Crippen LogP contribution in [-0.4, -0.2) is 177 Å². The highest BCUT2D eigenvalue weighted by atomic mass is 16.6. The second-order valence-electron chi connectivity index (χ2n) is 22.3. The zero-order chi connectivity index (χ0) is 54.6. The van der Waals surface area contributed by atoms with Crippen LogP contribution in [-0.2, 0) is 57.1 Å². The summed E-state index contributed by atoms with van der Waals surface area (Å²) in [6.07, 6.45) is 9.85. The average molecular weight is 1050 g/mol. The minimum absolute atomic E-state index is 0.00791. The molecule has 1 aliphatic carbocycles. The van der Waals surface area contributed by atoms with Crippen LogP contribution in [0.15, 0.2) is 47.6 Å². The number of morpholine rings is 1. The number of allylic oxidation sites excluding steroid dienone is 6. The molecule has 4 saturated heterocycles.